The molecule has 2 aromatic rings. The van der Waals surface area contributed by atoms with Gasteiger partial charge < -0.3 is 10.6 Å². The number of aromatic nitrogens is 2. The van der Waals surface area contributed by atoms with Crippen molar-refractivity contribution < 1.29 is 13.2 Å². The first-order chi connectivity index (χ1) is 9.79. The molecule has 2 rings (SSSR count). The normalized spacial score (nSPS) is 11.9. The zero-order valence-corrected chi connectivity index (χ0v) is 12.4. The highest BCUT2D eigenvalue weighted by atomic mass is 32.1. The minimum absolute atomic E-state index is 0.231. The van der Waals surface area contributed by atoms with Crippen molar-refractivity contribution in [2.45, 2.75) is 26.1 Å². The summed E-state index contributed by atoms with van der Waals surface area (Å²) in [4.78, 5) is 5.17. The second-order valence-electron chi connectivity index (χ2n) is 4.82. The van der Waals surface area contributed by atoms with Gasteiger partial charge in [0.05, 0.1) is 5.56 Å². The van der Waals surface area contributed by atoms with E-state index in [1.165, 1.54) is 4.90 Å². The van der Waals surface area contributed by atoms with Crippen LogP contribution in [0.2, 0.25) is 0 Å². The van der Waals surface area contributed by atoms with Crippen molar-refractivity contribution in [3.63, 3.8) is 0 Å². The molecule has 2 aromatic heterocycles. The molecule has 8 heteroatoms. The first-order valence-corrected chi connectivity index (χ1v) is 7.06. The summed E-state index contributed by atoms with van der Waals surface area (Å²) < 4.78 is 42.4. The van der Waals surface area contributed by atoms with Gasteiger partial charge in [-0.15, -0.1) is 0 Å². The van der Waals surface area contributed by atoms with Crippen molar-refractivity contribution in [3.8, 4) is 11.1 Å². The van der Waals surface area contributed by atoms with Gasteiger partial charge in [-0.3, -0.25) is 4.98 Å². The lowest BCUT2D eigenvalue weighted by Gasteiger charge is -2.29. The second-order valence-corrected chi connectivity index (χ2v) is 5.57. The van der Waals surface area contributed by atoms with E-state index < -0.39 is 12.7 Å². The number of nitrogen functional groups attached to an aromatic ring is 1. The lowest BCUT2D eigenvalue weighted by molar-refractivity contribution is -0.120. The molecular weight excluding hydrogens is 301 g/mol. The summed E-state index contributed by atoms with van der Waals surface area (Å²) in [5, 5.41) is 0.422. The number of alkyl halides is 3. The molecule has 114 valence electrons. The third-order valence-electron chi connectivity index (χ3n) is 2.90. The Labute approximate surface area is 124 Å². The van der Waals surface area contributed by atoms with Gasteiger partial charge in [-0.2, -0.15) is 17.5 Å². The Bertz CT molecular complexity index is 595. The maximum atomic E-state index is 12.8. The Kier molecular flexibility index (Phi) is 4.36. The van der Waals surface area contributed by atoms with Crippen molar-refractivity contribution in [2.24, 2.45) is 0 Å². The molecule has 0 amide bonds. The molecule has 0 saturated carbocycles. The van der Waals surface area contributed by atoms with Crippen LogP contribution in [0, 0.1) is 0 Å². The maximum Gasteiger partial charge on any atom is 0.405 e. The Morgan fingerprint density at radius 3 is 2.43 bits per heavy atom. The van der Waals surface area contributed by atoms with E-state index in [9.17, 15) is 13.2 Å². The fourth-order valence-electron chi connectivity index (χ4n) is 1.96. The average molecular weight is 316 g/mol. The number of hydrogen-bond acceptors (Lipinski definition) is 5. The molecule has 0 atom stereocenters. The minimum Gasteiger partial charge on any atom is -0.382 e. The van der Waals surface area contributed by atoms with Crippen LogP contribution in [-0.4, -0.2) is 28.1 Å². The van der Waals surface area contributed by atoms with Crippen LogP contribution in [0.3, 0.4) is 0 Å². The highest BCUT2D eigenvalue weighted by molar-refractivity contribution is 7.11. The molecule has 2 heterocycles. The SMILES string of the molecule is CC(C)N(CC(F)(F)F)c1snc(N)c1-c1ccncc1. The molecular formula is C13H15F3N4S. The number of hydrogen-bond donors (Lipinski definition) is 1. The van der Waals surface area contributed by atoms with Crippen molar-refractivity contribution in [3.05, 3.63) is 24.5 Å². The topological polar surface area (TPSA) is 55.0 Å². The largest absolute Gasteiger partial charge is 0.405 e. The van der Waals surface area contributed by atoms with Crippen molar-refractivity contribution in [1.82, 2.24) is 9.36 Å². The summed E-state index contributed by atoms with van der Waals surface area (Å²) in [6.07, 6.45) is -1.15. The quantitative estimate of drug-likeness (QED) is 0.937. The summed E-state index contributed by atoms with van der Waals surface area (Å²) >= 11 is 0.979. The molecule has 0 radical (unpaired) electrons. The van der Waals surface area contributed by atoms with Crippen molar-refractivity contribution >= 4 is 22.4 Å². The van der Waals surface area contributed by atoms with E-state index in [0.717, 1.165) is 11.5 Å². The lowest BCUT2D eigenvalue weighted by atomic mass is 10.1. The van der Waals surface area contributed by atoms with E-state index in [0.29, 0.717) is 16.1 Å². The standard InChI is InChI=1S/C13H15F3N4S/c1-8(2)20(7-13(14,15)16)12-10(11(17)19-21-12)9-3-5-18-6-4-9/h3-6,8H,7H2,1-2H3,(H2,17,19). The summed E-state index contributed by atoms with van der Waals surface area (Å²) in [6.45, 7) is 2.38. The van der Waals surface area contributed by atoms with Crippen LogP contribution in [-0.2, 0) is 0 Å². The molecule has 0 aliphatic rings. The van der Waals surface area contributed by atoms with E-state index in [1.807, 2.05) is 0 Å². The molecule has 4 nitrogen and oxygen atoms in total. The zero-order valence-electron chi connectivity index (χ0n) is 11.6. The second kappa shape index (κ2) is 5.88. The van der Waals surface area contributed by atoms with Crippen LogP contribution in [0.1, 0.15) is 13.8 Å². The van der Waals surface area contributed by atoms with Gasteiger partial charge in [0.15, 0.2) is 0 Å². The van der Waals surface area contributed by atoms with Crippen LogP contribution in [0.4, 0.5) is 24.0 Å². The van der Waals surface area contributed by atoms with Gasteiger partial charge in [0, 0.05) is 18.4 Å². The lowest BCUT2D eigenvalue weighted by Crippen LogP contribution is -2.38. The molecule has 0 spiro atoms. The molecule has 0 aromatic carbocycles. The molecule has 0 saturated heterocycles. The van der Waals surface area contributed by atoms with E-state index in [1.54, 1.807) is 38.4 Å². The third-order valence-corrected chi connectivity index (χ3v) is 3.80. The van der Waals surface area contributed by atoms with Gasteiger partial charge in [-0.25, -0.2) is 0 Å². The molecule has 0 aliphatic carbocycles. The number of anilines is 2. The van der Waals surface area contributed by atoms with Gasteiger partial charge in [0.2, 0.25) is 0 Å². The Morgan fingerprint density at radius 2 is 1.90 bits per heavy atom. The van der Waals surface area contributed by atoms with Crippen LogP contribution in [0.5, 0.6) is 0 Å². The fourth-order valence-corrected chi connectivity index (χ4v) is 2.93. The Hall–Kier alpha value is -1.83. The third kappa shape index (κ3) is 3.63. The number of rotatable bonds is 4. The molecule has 21 heavy (non-hydrogen) atoms. The van der Waals surface area contributed by atoms with Gasteiger partial charge in [-0.05, 0) is 43.1 Å². The van der Waals surface area contributed by atoms with Gasteiger partial charge in [0.1, 0.15) is 17.4 Å². The summed E-state index contributed by atoms with van der Waals surface area (Å²) in [5.41, 5.74) is 7.08. The Balaban J connectivity index is 2.48. The number of nitrogens with two attached hydrogens (primary N) is 1. The average Bonchev–Trinajstić information content (AvgIpc) is 2.77. The van der Waals surface area contributed by atoms with Crippen LogP contribution in [0.25, 0.3) is 11.1 Å². The molecule has 0 aliphatic heterocycles. The van der Waals surface area contributed by atoms with Crippen LogP contribution >= 0.6 is 11.5 Å². The van der Waals surface area contributed by atoms with Gasteiger partial charge >= 0.3 is 6.18 Å². The van der Waals surface area contributed by atoms with E-state index in [4.69, 9.17) is 5.73 Å². The van der Waals surface area contributed by atoms with E-state index in [-0.39, 0.29) is 11.9 Å². The molecule has 0 unspecified atom stereocenters. The monoisotopic (exact) mass is 316 g/mol. The number of halogens is 3. The maximum absolute atomic E-state index is 12.8. The van der Waals surface area contributed by atoms with Crippen LogP contribution < -0.4 is 10.6 Å². The molecule has 2 N–H and O–H groups in total. The van der Waals surface area contributed by atoms with E-state index in [2.05, 4.69) is 9.36 Å². The highest BCUT2D eigenvalue weighted by Crippen LogP contribution is 2.40. The Morgan fingerprint density at radius 1 is 1.29 bits per heavy atom. The van der Waals surface area contributed by atoms with Crippen LogP contribution in [0.15, 0.2) is 24.5 Å². The van der Waals surface area contributed by atoms with Gasteiger partial charge in [-0.1, -0.05) is 0 Å². The van der Waals surface area contributed by atoms with E-state index >= 15 is 0 Å². The first kappa shape index (κ1) is 15.6. The smallest absolute Gasteiger partial charge is 0.382 e. The highest BCUT2D eigenvalue weighted by Gasteiger charge is 2.34. The zero-order chi connectivity index (χ0) is 15.6. The summed E-state index contributed by atoms with van der Waals surface area (Å²) in [6, 6.07) is 3.08. The fraction of sp³-hybridized carbons (Fsp3) is 0.385. The molecule has 0 fully saturated rings. The summed E-state index contributed by atoms with van der Waals surface area (Å²) in [5.74, 6) is 0.231. The summed E-state index contributed by atoms with van der Waals surface area (Å²) in [7, 11) is 0. The van der Waals surface area contributed by atoms with Gasteiger partial charge in [0.25, 0.3) is 0 Å². The predicted molar refractivity (Wildman–Crippen MR) is 78.3 cm³/mol. The predicted octanol–water partition coefficient (Wildman–Crippen LogP) is 3.56. The molecule has 0 bridgehead atoms. The number of nitrogens with zero attached hydrogens (tertiary/aromatic N) is 3. The van der Waals surface area contributed by atoms with Crippen molar-refractivity contribution in [2.75, 3.05) is 17.2 Å². The number of pyridine rings is 1. The minimum atomic E-state index is -4.29. The van der Waals surface area contributed by atoms with Crippen molar-refractivity contribution in [1.29, 1.82) is 0 Å². The first-order valence-electron chi connectivity index (χ1n) is 6.28.